The first-order chi connectivity index (χ1) is 9.11. The Bertz CT molecular complexity index is 573. The van der Waals surface area contributed by atoms with E-state index in [0.29, 0.717) is 16.2 Å². The number of Topliss-reactive ketones (excluding diaryl/α,β-unsaturated/α-hetero) is 1. The zero-order valence-corrected chi connectivity index (χ0v) is 11.1. The van der Waals surface area contributed by atoms with Gasteiger partial charge in [0.1, 0.15) is 11.8 Å². The molecule has 1 unspecified atom stereocenters. The Labute approximate surface area is 113 Å². The number of carbonyl (C=O) groups excluding carboxylic acids is 2. The molecule has 0 fully saturated rings. The summed E-state index contributed by atoms with van der Waals surface area (Å²) >= 11 is 1.19. The van der Waals surface area contributed by atoms with Crippen molar-refractivity contribution in [2.45, 2.75) is 13.0 Å². The molecule has 5 nitrogen and oxygen atoms in total. The Balaban J connectivity index is 2.09. The van der Waals surface area contributed by atoms with Crippen molar-refractivity contribution in [2.75, 3.05) is 6.61 Å². The van der Waals surface area contributed by atoms with Gasteiger partial charge in [-0.2, -0.15) is 0 Å². The van der Waals surface area contributed by atoms with Crippen LogP contribution in [0, 0.1) is 0 Å². The standard InChI is InChI=1S/C13H13NO4S/c1-8(16)9-5-12(19-7-9)13(17)14-10(6-15)11-3-2-4-18-11/h2-5,7,10,15H,6H2,1H3,(H,14,17). The van der Waals surface area contributed by atoms with Crippen molar-refractivity contribution in [3.8, 4) is 0 Å². The van der Waals surface area contributed by atoms with Crippen LogP contribution < -0.4 is 5.32 Å². The molecule has 2 N–H and O–H groups in total. The minimum atomic E-state index is -0.592. The van der Waals surface area contributed by atoms with E-state index in [0.717, 1.165) is 0 Å². The zero-order chi connectivity index (χ0) is 13.8. The van der Waals surface area contributed by atoms with Crippen LogP contribution in [0.4, 0.5) is 0 Å². The maximum Gasteiger partial charge on any atom is 0.262 e. The topological polar surface area (TPSA) is 79.5 Å². The Kier molecular flexibility index (Phi) is 4.13. The van der Waals surface area contributed by atoms with Crippen LogP contribution >= 0.6 is 11.3 Å². The molecule has 0 radical (unpaired) electrons. The molecule has 1 amide bonds. The van der Waals surface area contributed by atoms with Gasteiger partial charge in [0, 0.05) is 10.9 Å². The molecule has 19 heavy (non-hydrogen) atoms. The molecule has 0 aliphatic rings. The number of aliphatic hydroxyl groups is 1. The molecular formula is C13H13NO4S. The lowest BCUT2D eigenvalue weighted by Gasteiger charge is -2.12. The van der Waals surface area contributed by atoms with Gasteiger partial charge in [-0.25, -0.2) is 0 Å². The van der Waals surface area contributed by atoms with Gasteiger partial charge < -0.3 is 14.8 Å². The largest absolute Gasteiger partial charge is 0.467 e. The number of aliphatic hydroxyl groups excluding tert-OH is 1. The number of hydrogen-bond acceptors (Lipinski definition) is 5. The molecule has 0 spiro atoms. The van der Waals surface area contributed by atoms with Gasteiger partial charge in [0.25, 0.3) is 5.91 Å². The second kappa shape index (κ2) is 5.81. The number of amides is 1. The van der Waals surface area contributed by atoms with Gasteiger partial charge in [0.2, 0.25) is 0 Å². The second-order valence-corrected chi connectivity index (χ2v) is 4.89. The average Bonchev–Trinajstić information content (AvgIpc) is 3.05. The Morgan fingerprint density at radius 3 is 2.84 bits per heavy atom. The van der Waals surface area contributed by atoms with E-state index in [1.54, 1.807) is 23.6 Å². The maximum absolute atomic E-state index is 12.0. The molecule has 2 aromatic heterocycles. The highest BCUT2D eigenvalue weighted by molar-refractivity contribution is 7.12. The quantitative estimate of drug-likeness (QED) is 0.820. The van der Waals surface area contributed by atoms with Crippen molar-refractivity contribution < 1.29 is 19.1 Å². The molecule has 0 aliphatic heterocycles. The molecule has 100 valence electrons. The lowest BCUT2D eigenvalue weighted by Crippen LogP contribution is -2.29. The van der Waals surface area contributed by atoms with Crippen molar-refractivity contribution in [3.05, 3.63) is 46.0 Å². The molecular weight excluding hydrogens is 266 g/mol. The van der Waals surface area contributed by atoms with E-state index in [4.69, 9.17) is 4.42 Å². The summed E-state index contributed by atoms with van der Waals surface area (Å²) in [7, 11) is 0. The summed E-state index contributed by atoms with van der Waals surface area (Å²) in [5, 5.41) is 13.6. The molecule has 1 atom stereocenters. The van der Waals surface area contributed by atoms with Crippen LogP contribution in [0.15, 0.2) is 34.3 Å². The number of carbonyl (C=O) groups is 2. The summed E-state index contributed by atoms with van der Waals surface area (Å²) in [5.74, 6) is 0.0622. The van der Waals surface area contributed by atoms with E-state index in [1.807, 2.05) is 0 Å². The lowest BCUT2D eigenvalue weighted by molar-refractivity contribution is 0.0911. The first kappa shape index (κ1) is 13.5. The highest BCUT2D eigenvalue weighted by Crippen LogP contribution is 2.18. The third kappa shape index (κ3) is 3.10. The SMILES string of the molecule is CC(=O)c1csc(C(=O)NC(CO)c2ccco2)c1. The van der Waals surface area contributed by atoms with E-state index in [1.165, 1.54) is 24.5 Å². The lowest BCUT2D eigenvalue weighted by atomic mass is 10.2. The Hall–Kier alpha value is -1.92. The first-order valence-electron chi connectivity index (χ1n) is 5.66. The molecule has 2 rings (SSSR count). The van der Waals surface area contributed by atoms with E-state index < -0.39 is 6.04 Å². The van der Waals surface area contributed by atoms with Crippen molar-refractivity contribution in [1.29, 1.82) is 0 Å². The summed E-state index contributed by atoms with van der Waals surface area (Å²) in [6.07, 6.45) is 1.48. The van der Waals surface area contributed by atoms with Crippen LogP contribution in [0.25, 0.3) is 0 Å². The van der Waals surface area contributed by atoms with Gasteiger partial charge in [-0.05, 0) is 25.1 Å². The number of thiophene rings is 1. The summed E-state index contributed by atoms with van der Waals surface area (Å²) < 4.78 is 5.14. The molecule has 6 heteroatoms. The minimum absolute atomic E-state index is 0.0833. The Morgan fingerprint density at radius 2 is 2.32 bits per heavy atom. The summed E-state index contributed by atoms with van der Waals surface area (Å²) in [6.45, 7) is 1.19. The number of furan rings is 1. The van der Waals surface area contributed by atoms with E-state index in [9.17, 15) is 14.7 Å². The monoisotopic (exact) mass is 279 g/mol. The van der Waals surface area contributed by atoms with Gasteiger partial charge in [-0.3, -0.25) is 9.59 Å². The first-order valence-corrected chi connectivity index (χ1v) is 6.54. The second-order valence-electron chi connectivity index (χ2n) is 3.98. The normalized spacial score (nSPS) is 12.1. The van der Waals surface area contributed by atoms with E-state index in [-0.39, 0.29) is 18.3 Å². The third-order valence-electron chi connectivity index (χ3n) is 2.60. The summed E-state index contributed by atoms with van der Waals surface area (Å²) in [4.78, 5) is 23.6. The van der Waals surface area contributed by atoms with Crippen molar-refractivity contribution in [1.82, 2.24) is 5.32 Å². The summed E-state index contributed by atoms with van der Waals surface area (Å²) in [5.41, 5.74) is 0.508. The smallest absolute Gasteiger partial charge is 0.262 e. The van der Waals surface area contributed by atoms with Crippen molar-refractivity contribution in [2.24, 2.45) is 0 Å². The predicted octanol–water partition coefficient (Wildman–Crippen LogP) is 2.01. The fourth-order valence-electron chi connectivity index (χ4n) is 1.57. The zero-order valence-electron chi connectivity index (χ0n) is 10.3. The van der Waals surface area contributed by atoms with Crippen molar-refractivity contribution >= 4 is 23.0 Å². The van der Waals surface area contributed by atoms with Crippen LogP contribution in [0.2, 0.25) is 0 Å². The number of hydrogen-bond donors (Lipinski definition) is 2. The fourth-order valence-corrected chi connectivity index (χ4v) is 2.41. The predicted molar refractivity (Wildman–Crippen MR) is 70.3 cm³/mol. The fraction of sp³-hybridized carbons (Fsp3) is 0.231. The number of nitrogens with one attached hydrogen (secondary N) is 1. The van der Waals surface area contributed by atoms with Crippen LogP contribution in [0.3, 0.4) is 0 Å². The number of ketones is 1. The molecule has 0 saturated heterocycles. The van der Waals surface area contributed by atoms with Crippen LogP contribution in [-0.4, -0.2) is 23.4 Å². The van der Waals surface area contributed by atoms with E-state index >= 15 is 0 Å². The molecule has 0 saturated carbocycles. The van der Waals surface area contributed by atoms with Gasteiger partial charge >= 0.3 is 0 Å². The number of rotatable bonds is 5. The maximum atomic E-state index is 12.0. The summed E-state index contributed by atoms with van der Waals surface area (Å²) in [6, 6.07) is 4.31. The molecule has 0 bridgehead atoms. The van der Waals surface area contributed by atoms with Gasteiger partial charge in [-0.15, -0.1) is 11.3 Å². The third-order valence-corrected chi connectivity index (χ3v) is 3.53. The minimum Gasteiger partial charge on any atom is -0.467 e. The van der Waals surface area contributed by atoms with Crippen LogP contribution in [0.1, 0.15) is 38.8 Å². The van der Waals surface area contributed by atoms with Crippen LogP contribution in [0.5, 0.6) is 0 Å². The highest BCUT2D eigenvalue weighted by Gasteiger charge is 2.18. The van der Waals surface area contributed by atoms with Gasteiger partial charge in [-0.1, -0.05) is 0 Å². The van der Waals surface area contributed by atoms with Gasteiger partial charge in [0.05, 0.1) is 17.7 Å². The van der Waals surface area contributed by atoms with E-state index in [2.05, 4.69) is 5.32 Å². The molecule has 2 aromatic rings. The average molecular weight is 279 g/mol. The van der Waals surface area contributed by atoms with Gasteiger partial charge in [0.15, 0.2) is 5.78 Å². The molecule has 2 heterocycles. The molecule has 0 aliphatic carbocycles. The highest BCUT2D eigenvalue weighted by atomic mass is 32.1. The van der Waals surface area contributed by atoms with Crippen molar-refractivity contribution in [3.63, 3.8) is 0 Å². The Morgan fingerprint density at radius 1 is 1.53 bits per heavy atom. The molecule has 0 aromatic carbocycles. The van der Waals surface area contributed by atoms with Crippen LogP contribution in [-0.2, 0) is 0 Å².